The van der Waals surface area contributed by atoms with E-state index in [1.54, 1.807) is 26.0 Å². The van der Waals surface area contributed by atoms with E-state index in [1.807, 2.05) is 0 Å². The van der Waals surface area contributed by atoms with E-state index in [9.17, 15) is 18.0 Å². The Morgan fingerprint density at radius 3 is 2.48 bits per heavy atom. The fourth-order valence-corrected chi connectivity index (χ4v) is 2.15. The molecule has 1 rings (SSSR count). The van der Waals surface area contributed by atoms with Crippen molar-refractivity contribution in [1.29, 1.82) is 0 Å². The third-order valence-corrected chi connectivity index (χ3v) is 3.50. The van der Waals surface area contributed by atoms with Crippen LogP contribution in [0.15, 0.2) is 29.2 Å². The number of sulfone groups is 1. The lowest BCUT2D eigenvalue weighted by Crippen LogP contribution is -2.44. The summed E-state index contributed by atoms with van der Waals surface area (Å²) in [5.41, 5.74) is 0.484. The molecule has 0 saturated carbocycles. The largest absolute Gasteiger partial charge is 0.376 e. The third-order valence-electron chi connectivity index (χ3n) is 2.39. The lowest BCUT2D eigenvalue weighted by molar-refractivity contribution is -0.118. The zero-order chi connectivity index (χ0) is 16.0. The van der Waals surface area contributed by atoms with Crippen LogP contribution in [0.2, 0.25) is 0 Å². The van der Waals surface area contributed by atoms with Gasteiger partial charge in [-0.3, -0.25) is 10.1 Å². The Bertz CT molecular complexity index is 626. The van der Waals surface area contributed by atoms with E-state index in [2.05, 4.69) is 16.0 Å². The van der Waals surface area contributed by atoms with Crippen LogP contribution in [0.25, 0.3) is 0 Å². The van der Waals surface area contributed by atoms with E-state index >= 15 is 0 Å². The van der Waals surface area contributed by atoms with Crippen molar-refractivity contribution in [2.24, 2.45) is 0 Å². The molecule has 0 aliphatic rings. The number of hydrogen-bond acceptors (Lipinski definition) is 5. The van der Waals surface area contributed by atoms with Gasteiger partial charge in [0, 0.05) is 18.0 Å². The maximum atomic E-state index is 11.5. The Balaban J connectivity index is 2.56. The molecule has 0 atom stereocenters. The van der Waals surface area contributed by atoms with Crippen molar-refractivity contribution in [2.45, 2.75) is 24.8 Å². The predicted molar refractivity (Wildman–Crippen MR) is 79.9 cm³/mol. The number of nitrogens with one attached hydrogen (secondary N) is 3. The molecule has 0 bridgehead atoms. The molecule has 0 fully saturated rings. The lowest BCUT2D eigenvalue weighted by Gasteiger charge is -2.10. The van der Waals surface area contributed by atoms with Crippen molar-refractivity contribution >= 4 is 27.5 Å². The summed E-state index contributed by atoms with van der Waals surface area (Å²) >= 11 is 0. The molecule has 0 spiro atoms. The predicted octanol–water partition coefficient (Wildman–Crippen LogP) is 0.736. The van der Waals surface area contributed by atoms with Crippen LogP contribution >= 0.6 is 0 Å². The summed E-state index contributed by atoms with van der Waals surface area (Å²) in [4.78, 5) is 23.0. The van der Waals surface area contributed by atoms with Gasteiger partial charge in [-0.1, -0.05) is 6.07 Å². The van der Waals surface area contributed by atoms with Gasteiger partial charge in [0.15, 0.2) is 9.84 Å². The molecule has 0 unspecified atom stereocenters. The molecule has 3 N–H and O–H groups in total. The van der Waals surface area contributed by atoms with Crippen LogP contribution < -0.4 is 16.0 Å². The first-order valence-electron chi connectivity index (χ1n) is 6.33. The van der Waals surface area contributed by atoms with Crippen LogP contribution in [0.3, 0.4) is 0 Å². The maximum Gasteiger partial charge on any atom is 0.321 e. The number of urea groups is 1. The van der Waals surface area contributed by atoms with Gasteiger partial charge in [0.2, 0.25) is 5.91 Å². The number of amides is 3. The number of carbonyl (C=O) groups is 2. The quantitative estimate of drug-likeness (QED) is 0.743. The van der Waals surface area contributed by atoms with E-state index in [4.69, 9.17) is 0 Å². The Morgan fingerprint density at radius 2 is 1.90 bits per heavy atom. The number of benzene rings is 1. The third kappa shape index (κ3) is 6.26. The summed E-state index contributed by atoms with van der Waals surface area (Å²) in [6.45, 7) is 3.41. The molecule has 0 aliphatic heterocycles. The second-order valence-corrected chi connectivity index (χ2v) is 6.85. The van der Waals surface area contributed by atoms with Crippen molar-refractivity contribution in [3.63, 3.8) is 0 Å². The fourth-order valence-electron chi connectivity index (χ4n) is 1.49. The van der Waals surface area contributed by atoms with Gasteiger partial charge in [0.25, 0.3) is 0 Å². The number of rotatable bonds is 5. The summed E-state index contributed by atoms with van der Waals surface area (Å²) in [6.07, 6.45) is 1.11. The summed E-state index contributed by atoms with van der Waals surface area (Å²) < 4.78 is 22.8. The monoisotopic (exact) mass is 313 g/mol. The molecular formula is C13H19N3O4S. The first kappa shape index (κ1) is 17.0. The molecule has 21 heavy (non-hydrogen) atoms. The van der Waals surface area contributed by atoms with Crippen molar-refractivity contribution in [2.75, 3.05) is 18.1 Å². The smallest absolute Gasteiger partial charge is 0.321 e. The topological polar surface area (TPSA) is 104 Å². The minimum atomic E-state index is -3.30. The number of carbonyl (C=O) groups excluding carboxylic acids is 2. The standard InChI is InChI=1S/C13H19N3O4S/c1-9(2)15-13(18)16-12(17)8-14-10-5-4-6-11(7-10)21(3,19)20/h4-7,9,14H,8H2,1-3H3,(H2,15,16,17,18). The highest BCUT2D eigenvalue weighted by Crippen LogP contribution is 2.14. The second kappa shape index (κ2) is 7.07. The molecule has 0 radical (unpaired) electrons. The van der Waals surface area contributed by atoms with E-state index in [1.165, 1.54) is 12.1 Å². The molecule has 0 aromatic heterocycles. The molecule has 116 valence electrons. The molecule has 0 saturated heterocycles. The molecule has 3 amide bonds. The minimum Gasteiger partial charge on any atom is -0.376 e. The molecule has 1 aromatic rings. The average Bonchev–Trinajstić information content (AvgIpc) is 2.34. The van der Waals surface area contributed by atoms with Crippen LogP contribution in [-0.2, 0) is 14.6 Å². The van der Waals surface area contributed by atoms with E-state index in [0.29, 0.717) is 5.69 Å². The van der Waals surface area contributed by atoms with Gasteiger partial charge in [-0.25, -0.2) is 13.2 Å². The SMILES string of the molecule is CC(C)NC(=O)NC(=O)CNc1cccc(S(C)(=O)=O)c1. The van der Waals surface area contributed by atoms with Crippen LogP contribution in [-0.4, -0.2) is 39.2 Å². The lowest BCUT2D eigenvalue weighted by atomic mass is 10.3. The van der Waals surface area contributed by atoms with Gasteiger partial charge >= 0.3 is 6.03 Å². The van der Waals surface area contributed by atoms with Gasteiger partial charge in [0.1, 0.15) is 0 Å². The molecule has 0 heterocycles. The highest BCUT2D eigenvalue weighted by Gasteiger charge is 2.10. The molecule has 0 aliphatic carbocycles. The van der Waals surface area contributed by atoms with Crippen LogP contribution in [0.4, 0.5) is 10.5 Å². The Labute approximate surface area is 124 Å². The number of anilines is 1. The number of hydrogen-bond donors (Lipinski definition) is 3. The van der Waals surface area contributed by atoms with Crippen molar-refractivity contribution < 1.29 is 18.0 Å². The van der Waals surface area contributed by atoms with Gasteiger partial charge < -0.3 is 10.6 Å². The van der Waals surface area contributed by atoms with Crippen molar-refractivity contribution in [3.05, 3.63) is 24.3 Å². The average molecular weight is 313 g/mol. The van der Waals surface area contributed by atoms with Gasteiger partial charge in [-0.2, -0.15) is 0 Å². The highest BCUT2D eigenvalue weighted by atomic mass is 32.2. The summed E-state index contributed by atoms with van der Waals surface area (Å²) in [7, 11) is -3.30. The first-order chi connectivity index (χ1) is 9.68. The molecule has 7 nitrogen and oxygen atoms in total. The molecular weight excluding hydrogens is 294 g/mol. The normalized spacial score (nSPS) is 11.0. The van der Waals surface area contributed by atoms with Crippen LogP contribution in [0.1, 0.15) is 13.8 Å². The van der Waals surface area contributed by atoms with Crippen LogP contribution in [0, 0.1) is 0 Å². The van der Waals surface area contributed by atoms with Crippen molar-refractivity contribution in [3.8, 4) is 0 Å². The second-order valence-electron chi connectivity index (χ2n) is 4.83. The van der Waals surface area contributed by atoms with Gasteiger partial charge in [0.05, 0.1) is 11.4 Å². The zero-order valence-corrected chi connectivity index (χ0v) is 13.0. The van der Waals surface area contributed by atoms with Crippen LogP contribution in [0.5, 0.6) is 0 Å². The first-order valence-corrected chi connectivity index (χ1v) is 8.22. The Hall–Kier alpha value is -2.09. The van der Waals surface area contributed by atoms with E-state index in [-0.39, 0.29) is 17.5 Å². The summed E-state index contributed by atoms with van der Waals surface area (Å²) in [5.74, 6) is -0.516. The van der Waals surface area contributed by atoms with Gasteiger partial charge in [-0.15, -0.1) is 0 Å². The maximum absolute atomic E-state index is 11.5. The zero-order valence-electron chi connectivity index (χ0n) is 12.1. The Kier molecular flexibility index (Phi) is 5.71. The summed E-state index contributed by atoms with van der Waals surface area (Å²) in [6, 6.07) is 5.46. The minimum absolute atomic E-state index is 0.0720. The van der Waals surface area contributed by atoms with Crippen molar-refractivity contribution in [1.82, 2.24) is 10.6 Å². The highest BCUT2D eigenvalue weighted by molar-refractivity contribution is 7.90. The summed E-state index contributed by atoms with van der Waals surface area (Å²) in [5, 5.41) is 7.44. The van der Waals surface area contributed by atoms with E-state index in [0.717, 1.165) is 6.26 Å². The number of imide groups is 1. The fraction of sp³-hybridized carbons (Fsp3) is 0.385. The molecule has 1 aromatic carbocycles. The van der Waals surface area contributed by atoms with E-state index < -0.39 is 21.8 Å². The van der Waals surface area contributed by atoms with Gasteiger partial charge in [-0.05, 0) is 32.0 Å². The molecule has 8 heteroatoms. The Morgan fingerprint density at radius 1 is 1.24 bits per heavy atom.